The van der Waals surface area contributed by atoms with Gasteiger partial charge in [0.25, 0.3) is 0 Å². The van der Waals surface area contributed by atoms with Crippen molar-refractivity contribution in [3.05, 3.63) is 28.8 Å². The van der Waals surface area contributed by atoms with Crippen LogP contribution < -0.4 is 10.1 Å². The standard InChI is InChI=1S/C22H36N2O2/c1-15(20(25)24-11-9-23-10-12-24)17-13-16(21(2,3)4)14-18(19(17)26-8)22(5,6)7/h13-15,23H,9-12H2,1-8H3. The largest absolute Gasteiger partial charge is 0.496 e. The lowest BCUT2D eigenvalue weighted by Crippen LogP contribution is -2.47. The summed E-state index contributed by atoms with van der Waals surface area (Å²) < 4.78 is 5.85. The van der Waals surface area contributed by atoms with E-state index in [1.807, 2.05) is 11.8 Å². The summed E-state index contributed by atoms with van der Waals surface area (Å²) in [4.78, 5) is 15.1. The van der Waals surface area contributed by atoms with Crippen LogP contribution in [0.4, 0.5) is 0 Å². The molecule has 146 valence electrons. The first-order valence-corrected chi connectivity index (χ1v) is 9.69. The van der Waals surface area contributed by atoms with Gasteiger partial charge in [-0.25, -0.2) is 0 Å². The number of hydrogen-bond donors (Lipinski definition) is 1. The van der Waals surface area contributed by atoms with Crippen LogP contribution in [0, 0.1) is 0 Å². The van der Waals surface area contributed by atoms with Gasteiger partial charge in [-0.2, -0.15) is 0 Å². The summed E-state index contributed by atoms with van der Waals surface area (Å²) >= 11 is 0. The number of methoxy groups -OCH3 is 1. The quantitative estimate of drug-likeness (QED) is 0.891. The normalized spacial score (nSPS) is 17.2. The highest BCUT2D eigenvalue weighted by Crippen LogP contribution is 2.41. The molecule has 1 fully saturated rings. The molecule has 4 nitrogen and oxygen atoms in total. The smallest absolute Gasteiger partial charge is 0.230 e. The molecule has 1 unspecified atom stereocenters. The van der Waals surface area contributed by atoms with E-state index in [0.717, 1.165) is 37.5 Å². The SMILES string of the molecule is COc1c(C(C)C(=O)N2CCNCC2)cc(C(C)(C)C)cc1C(C)(C)C. The van der Waals surface area contributed by atoms with Gasteiger partial charge in [-0.1, -0.05) is 53.7 Å². The number of benzene rings is 1. The van der Waals surface area contributed by atoms with Crippen molar-refractivity contribution >= 4 is 5.91 Å². The summed E-state index contributed by atoms with van der Waals surface area (Å²) in [5, 5.41) is 3.31. The monoisotopic (exact) mass is 360 g/mol. The minimum atomic E-state index is -0.216. The zero-order valence-electron chi connectivity index (χ0n) is 17.8. The Kier molecular flexibility index (Phi) is 6.06. The first kappa shape index (κ1) is 20.8. The van der Waals surface area contributed by atoms with Crippen LogP contribution in [0.1, 0.15) is 71.1 Å². The van der Waals surface area contributed by atoms with Crippen LogP contribution >= 0.6 is 0 Å². The van der Waals surface area contributed by atoms with Crippen molar-refractivity contribution in [2.24, 2.45) is 0 Å². The third-order valence-electron chi connectivity index (χ3n) is 5.26. The van der Waals surface area contributed by atoms with Gasteiger partial charge in [-0.15, -0.1) is 0 Å². The molecule has 2 rings (SSSR count). The van der Waals surface area contributed by atoms with Gasteiger partial charge in [0.15, 0.2) is 0 Å². The highest BCUT2D eigenvalue weighted by atomic mass is 16.5. The second kappa shape index (κ2) is 7.59. The average Bonchev–Trinajstić information content (AvgIpc) is 2.58. The minimum absolute atomic E-state index is 0.0127. The molecule has 1 heterocycles. The van der Waals surface area contributed by atoms with Crippen molar-refractivity contribution < 1.29 is 9.53 Å². The van der Waals surface area contributed by atoms with Crippen LogP contribution in [0.15, 0.2) is 12.1 Å². The van der Waals surface area contributed by atoms with Gasteiger partial charge in [0.2, 0.25) is 5.91 Å². The molecule has 1 aliphatic rings. The maximum Gasteiger partial charge on any atom is 0.230 e. The van der Waals surface area contributed by atoms with Crippen molar-refractivity contribution in [2.75, 3.05) is 33.3 Å². The summed E-state index contributed by atoms with van der Waals surface area (Å²) in [6, 6.07) is 4.43. The molecule has 1 aromatic rings. The summed E-state index contributed by atoms with van der Waals surface area (Å²) in [6.07, 6.45) is 0. The van der Waals surface area contributed by atoms with E-state index in [1.54, 1.807) is 7.11 Å². The van der Waals surface area contributed by atoms with E-state index >= 15 is 0 Å². The van der Waals surface area contributed by atoms with E-state index in [1.165, 1.54) is 11.1 Å². The number of carbonyl (C=O) groups is 1. The third kappa shape index (κ3) is 4.40. The van der Waals surface area contributed by atoms with E-state index in [4.69, 9.17) is 4.74 Å². The molecule has 0 saturated carbocycles. The number of rotatable bonds is 3. The Hall–Kier alpha value is -1.55. The number of piperazine rings is 1. The average molecular weight is 361 g/mol. The molecule has 0 bridgehead atoms. The first-order chi connectivity index (χ1) is 12.0. The summed E-state index contributed by atoms with van der Waals surface area (Å²) in [5.74, 6) is 0.837. The molecule has 0 aliphatic carbocycles. The molecule has 0 radical (unpaired) electrons. The van der Waals surface area contributed by atoms with Gasteiger partial charge in [0.05, 0.1) is 13.0 Å². The van der Waals surface area contributed by atoms with Crippen molar-refractivity contribution in [1.29, 1.82) is 0 Å². The highest BCUT2D eigenvalue weighted by molar-refractivity contribution is 5.84. The van der Waals surface area contributed by atoms with Crippen LogP contribution in [-0.2, 0) is 15.6 Å². The topological polar surface area (TPSA) is 41.6 Å². The number of nitrogens with one attached hydrogen (secondary N) is 1. The lowest BCUT2D eigenvalue weighted by Gasteiger charge is -2.33. The van der Waals surface area contributed by atoms with Crippen LogP contribution in [-0.4, -0.2) is 44.1 Å². The second-order valence-corrected chi connectivity index (χ2v) is 9.44. The van der Waals surface area contributed by atoms with Crippen molar-refractivity contribution in [3.8, 4) is 5.75 Å². The third-order valence-corrected chi connectivity index (χ3v) is 5.26. The predicted octanol–water partition coefficient (Wildman–Crippen LogP) is 3.83. The number of nitrogens with zero attached hydrogens (tertiary/aromatic N) is 1. The summed E-state index contributed by atoms with van der Waals surface area (Å²) in [7, 11) is 1.72. The van der Waals surface area contributed by atoms with Crippen molar-refractivity contribution in [3.63, 3.8) is 0 Å². The number of amides is 1. The van der Waals surface area contributed by atoms with Gasteiger partial charge in [0, 0.05) is 37.3 Å². The van der Waals surface area contributed by atoms with Gasteiger partial charge in [0.1, 0.15) is 5.75 Å². The Morgan fingerprint density at radius 3 is 2.12 bits per heavy atom. The molecule has 26 heavy (non-hydrogen) atoms. The molecular weight excluding hydrogens is 324 g/mol. The number of carbonyl (C=O) groups excluding carboxylic acids is 1. The Bertz CT molecular complexity index is 647. The molecule has 1 N–H and O–H groups in total. The van der Waals surface area contributed by atoms with Crippen molar-refractivity contribution in [1.82, 2.24) is 10.2 Å². The zero-order chi connectivity index (χ0) is 19.7. The first-order valence-electron chi connectivity index (χ1n) is 9.69. The van der Waals surface area contributed by atoms with Gasteiger partial charge in [-0.05, 0) is 23.3 Å². The number of hydrogen-bond acceptors (Lipinski definition) is 3. The Labute approximate surface area is 159 Å². The fourth-order valence-electron chi connectivity index (χ4n) is 3.48. The van der Waals surface area contributed by atoms with Gasteiger partial charge >= 0.3 is 0 Å². The fourth-order valence-corrected chi connectivity index (χ4v) is 3.48. The molecular formula is C22H36N2O2. The molecule has 1 aliphatic heterocycles. The molecule has 1 saturated heterocycles. The fraction of sp³-hybridized carbons (Fsp3) is 0.682. The maximum absolute atomic E-state index is 13.1. The summed E-state index contributed by atoms with van der Waals surface area (Å²) in [5.41, 5.74) is 3.38. The van der Waals surface area contributed by atoms with Crippen LogP contribution in [0.5, 0.6) is 5.75 Å². The zero-order valence-corrected chi connectivity index (χ0v) is 17.8. The molecule has 0 spiro atoms. The van der Waals surface area contributed by atoms with E-state index in [-0.39, 0.29) is 22.7 Å². The Morgan fingerprint density at radius 1 is 1.08 bits per heavy atom. The molecule has 1 amide bonds. The second-order valence-electron chi connectivity index (χ2n) is 9.44. The number of ether oxygens (including phenoxy) is 1. The van der Waals surface area contributed by atoms with Gasteiger partial charge < -0.3 is 15.0 Å². The van der Waals surface area contributed by atoms with E-state index in [0.29, 0.717) is 0 Å². The van der Waals surface area contributed by atoms with Crippen LogP contribution in [0.25, 0.3) is 0 Å². The van der Waals surface area contributed by atoms with Crippen LogP contribution in [0.2, 0.25) is 0 Å². The molecule has 0 aromatic heterocycles. The lowest BCUT2D eigenvalue weighted by atomic mass is 9.77. The predicted molar refractivity (Wildman–Crippen MR) is 108 cm³/mol. The van der Waals surface area contributed by atoms with E-state index in [9.17, 15) is 4.79 Å². The molecule has 1 atom stereocenters. The van der Waals surface area contributed by atoms with Crippen LogP contribution in [0.3, 0.4) is 0 Å². The molecule has 1 aromatic carbocycles. The Morgan fingerprint density at radius 2 is 1.65 bits per heavy atom. The highest BCUT2D eigenvalue weighted by Gasteiger charge is 2.31. The Balaban J connectivity index is 2.55. The minimum Gasteiger partial charge on any atom is -0.496 e. The molecule has 4 heteroatoms. The summed E-state index contributed by atoms with van der Waals surface area (Å²) in [6.45, 7) is 18.5. The lowest BCUT2D eigenvalue weighted by molar-refractivity contribution is -0.133. The van der Waals surface area contributed by atoms with Crippen molar-refractivity contribution in [2.45, 2.75) is 65.2 Å². The van der Waals surface area contributed by atoms with Gasteiger partial charge in [-0.3, -0.25) is 4.79 Å². The maximum atomic E-state index is 13.1. The van der Waals surface area contributed by atoms with E-state index in [2.05, 4.69) is 59.0 Å². The van der Waals surface area contributed by atoms with E-state index < -0.39 is 0 Å².